The van der Waals surface area contributed by atoms with Gasteiger partial charge in [0.25, 0.3) is 5.91 Å². The van der Waals surface area contributed by atoms with Crippen molar-refractivity contribution >= 4 is 17.4 Å². The number of aryl methyl sites for hydroxylation is 1. The number of carbonyl (C=O) groups is 2. The Morgan fingerprint density at radius 1 is 1.07 bits per heavy atom. The van der Waals surface area contributed by atoms with Gasteiger partial charge in [-0.25, -0.2) is 0 Å². The average molecular weight is 361 g/mol. The molecule has 0 spiro atoms. The molecule has 2 N–H and O–H groups in total. The molecule has 1 aromatic carbocycles. The molecule has 27 heavy (non-hydrogen) atoms. The van der Waals surface area contributed by atoms with Crippen LogP contribution in [0.25, 0.3) is 0 Å². The molecule has 1 amide bonds. The number of Topliss-reactive ketones (excluding diaryl/α,β-unsaturated/α-hetero) is 1. The van der Waals surface area contributed by atoms with Gasteiger partial charge in [-0.3, -0.25) is 14.6 Å². The minimum atomic E-state index is -0.252. The molecule has 0 fully saturated rings. The Hall–Kier alpha value is -3.41. The van der Waals surface area contributed by atoms with E-state index in [-0.39, 0.29) is 11.7 Å². The maximum atomic E-state index is 12.6. The van der Waals surface area contributed by atoms with Crippen molar-refractivity contribution in [3.05, 3.63) is 71.3 Å². The summed E-state index contributed by atoms with van der Waals surface area (Å²) < 4.78 is 5.71. The lowest BCUT2D eigenvalue weighted by molar-refractivity contribution is 0.0971. The van der Waals surface area contributed by atoms with E-state index in [1.807, 2.05) is 6.92 Å². The zero-order valence-corrected chi connectivity index (χ0v) is 14.9. The molecule has 0 aliphatic heterocycles. The summed E-state index contributed by atoms with van der Waals surface area (Å²) >= 11 is 0. The number of benzene rings is 1. The average Bonchev–Trinajstić information content (AvgIpc) is 3.02. The smallest absolute Gasteiger partial charge is 0.272 e. The summed E-state index contributed by atoms with van der Waals surface area (Å²) in [5, 5.41) is 2.87. The van der Waals surface area contributed by atoms with Crippen molar-refractivity contribution in [1.82, 2.24) is 9.97 Å². The molecule has 2 heterocycles. The van der Waals surface area contributed by atoms with Gasteiger partial charge in [-0.15, -0.1) is 0 Å². The van der Waals surface area contributed by atoms with Gasteiger partial charge in [-0.1, -0.05) is 0 Å². The van der Waals surface area contributed by atoms with Crippen LogP contribution in [0.15, 0.2) is 48.8 Å². The van der Waals surface area contributed by atoms with Crippen LogP contribution in [0.4, 0.5) is 5.69 Å². The maximum absolute atomic E-state index is 12.6. The molecule has 0 saturated carbocycles. The summed E-state index contributed by atoms with van der Waals surface area (Å²) in [6.45, 7) is 1.82. The summed E-state index contributed by atoms with van der Waals surface area (Å²) in [7, 11) is 0. The molecule has 6 heteroatoms. The second-order valence-corrected chi connectivity index (χ2v) is 6.52. The standard InChI is InChI=1S/C21H19N3O3/c1-13-19-17(3-2-4-18(19)25)24-20(13)21(26)23-14-5-7-15(8-6-14)27-16-9-11-22-12-10-16/h5-12,24H,2-4H2,1H3,(H,23,26). The van der Waals surface area contributed by atoms with E-state index < -0.39 is 0 Å². The lowest BCUT2D eigenvalue weighted by Gasteiger charge is -2.09. The Labute approximate surface area is 156 Å². The number of anilines is 1. The number of hydrogen-bond acceptors (Lipinski definition) is 4. The Balaban J connectivity index is 1.48. The Morgan fingerprint density at radius 2 is 1.78 bits per heavy atom. The van der Waals surface area contributed by atoms with Crippen molar-refractivity contribution in [2.75, 3.05) is 5.32 Å². The largest absolute Gasteiger partial charge is 0.457 e. The number of nitrogens with one attached hydrogen (secondary N) is 2. The molecule has 0 radical (unpaired) electrons. The monoisotopic (exact) mass is 361 g/mol. The first kappa shape index (κ1) is 17.0. The minimum Gasteiger partial charge on any atom is -0.457 e. The van der Waals surface area contributed by atoms with Crippen LogP contribution < -0.4 is 10.1 Å². The number of amides is 1. The third kappa shape index (κ3) is 3.46. The molecule has 1 aliphatic carbocycles. The summed E-state index contributed by atoms with van der Waals surface area (Å²) in [5.74, 6) is 1.22. The van der Waals surface area contributed by atoms with Crippen LogP contribution in [0.3, 0.4) is 0 Å². The number of aromatic amines is 1. The number of H-pyrrole nitrogens is 1. The number of hydrogen-bond donors (Lipinski definition) is 2. The molecule has 6 nitrogen and oxygen atoms in total. The molecule has 136 valence electrons. The SMILES string of the molecule is Cc1c(C(=O)Nc2ccc(Oc3ccncc3)cc2)[nH]c2c1C(=O)CCC2. The second-order valence-electron chi connectivity index (χ2n) is 6.52. The predicted molar refractivity (Wildman–Crippen MR) is 102 cm³/mol. The van der Waals surface area contributed by atoms with Crippen LogP contribution in [0.2, 0.25) is 0 Å². The minimum absolute atomic E-state index is 0.113. The van der Waals surface area contributed by atoms with Crippen LogP contribution in [0.1, 0.15) is 44.9 Å². The Bertz CT molecular complexity index is 992. The van der Waals surface area contributed by atoms with Crippen molar-refractivity contribution in [3.8, 4) is 11.5 Å². The lowest BCUT2D eigenvalue weighted by atomic mass is 9.94. The van der Waals surface area contributed by atoms with E-state index in [0.717, 1.165) is 24.1 Å². The van der Waals surface area contributed by atoms with Crippen LogP contribution in [0, 0.1) is 6.92 Å². The van der Waals surface area contributed by atoms with Gasteiger partial charge in [0, 0.05) is 35.8 Å². The first-order valence-corrected chi connectivity index (χ1v) is 8.86. The van der Waals surface area contributed by atoms with Crippen LogP contribution in [-0.4, -0.2) is 21.7 Å². The van der Waals surface area contributed by atoms with Gasteiger partial charge in [-0.05, 0) is 61.7 Å². The van der Waals surface area contributed by atoms with E-state index in [1.54, 1.807) is 48.8 Å². The zero-order valence-electron chi connectivity index (χ0n) is 14.9. The first-order valence-electron chi connectivity index (χ1n) is 8.86. The van der Waals surface area contributed by atoms with Gasteiger partial charge >= 0.3 is 0 Å². The first-order chi connectivity index (χ1) is 13.1. The van der Waals surface area contributed by atoms with Crippen molar-refractivity contribution in [2.45, 2.75) is 26.2 Å². The number of pyridine rings is 1. The third-order valence-corrected chi connectivity index (χ3v) is 4.66. The number of carbonyl (C=O) groups excluding carboxylic acids is 2. The number of rotatable bonds is 4. The summed E-state index contributed by atoms with van der Waals surface area (Å²) in [6, 6.07) is 10.7. The van der Waals surface area contributed by atoms with Crippen LogP contribution in [-0.2, 0) is 6.42 Å². The Morgan fingerprint density at radius 3 is 2.48 bits per heavy atom. The van der Waals surface area contributed by atoms with Gasteiger partial charge in [0.05, 0.1) is 0 Å². The summed E-state index contributed by atoms with van der Waals surface area (Å²) in [6.07, 6.45) is 5.49. The van der Waals surface area contributed by atoms with Crippen LogP contribution >= 0.6 is 0 Å². The molecule has 0 saturated heterocycles. The zero-order chi connectivity index (χ0) is 18.8. The molecule has 0 unspecified atom stereocenters. The van der Waals surface area contributed by atoms with E-state index in [9.17, 15) is 9.59 Å². The van der Waals surface area contributed by atoms with Gasteiger partial charge < -0.3 is 15.0 Å². The fourth-order valence-electron chi connectivity index (χ4n) is 3.34. The fraction of sp³-hybridized carbons (Fsp3) is 0.190. The number of ketones is 1. The second kappa shape index (κ2) is 7.07. The number of ether oxygens (including phenoxy) is 1. The molecular formula is C21H19N3O3. The quantitative estimate of drug-likeness (QED) is 0.726. The van der Waals surface area contributed by atoms with E-state index >= 15 is 0 Å². The van der Waals surface area contributed by atoms with Gasteiger partial charge in [-0.2, -0.15) is 0 Å². The lowest BCUT2D eigenvalue weighted by Crippen LogP contribution is -2.13. The normalized spacial score (nSPS) is 13.1. The molecule has 0 atom stereocenters. The number of nitrogens with zero attached hydrogens (tertiary/aromatic N) is 1. The van der Waals surface area contributed by atoms with Crippen molar-refractivity contribution in [3.63, 3.8) is 0 Å². The third-order valence-electron chi connectivity index (χ3n) is 4.66. The van der Waals surface area contributed by atoms with Crippen molar-refractivity contribution in [1.29, 1.82) is 0 Å². The highest BCUT2D eigenvalue weighted by atomic mass is 16.5. The summed E-state index contributed by atoms with van der Waals surface area (Å²) in [4.78, 5) is 31.8. The molecule has 0 bridgehead atoms. The molecule has 3 aromatic rings. The van der Waals surface area contributed by atoms with E-state index in [4.69, 9.17) is 4.74 Å². The number of aromatic nitrogens is 2. The van der Waals surface area contributed by atoms with Gasteiger partial charge in [0.2, 0.25) is 0 Å². The van der Waals surface area contributed by atoms with Crippen molar-refractivity contribution in [2.24, 2.45) is 0 Å². The molecule has 4 rings (SSSR count). The molecule has 1 aliphatic rings. The predicted octanol–water partition coefficient (Wildman–Crippen LogP) is 4.28. The fourth-order valence-corrected chi connectivity index (χ4v) is 3.34. The van der Waals surface area contributed by atoms with Gasteiger partial charge in [0.1, 0.15) is 17.2 Å². The van der Waals surface area contributed by atoms with E-state index in [2.05, 4.69) is 15.3 Å². The maximum Gasteiger partial charge on any atom is 0.272 e. The number of fused-ring (bicyclic) bond motifs is 1. The highest BCUT2D eigenvalue weighted by molar-refractivity contribution is 6.08. The highest BCUT2D eigenvalue weighted by Crippen LogP contribution is 2.27. The molecular weight excluding hydrogens is 342 g/mol. The molecule has 2 aromatic heterocycles. The van der Waals surface area contributed by atoms with E-state index in [1.165, 1.54) is 0 Å². The van der Waals surface area contributed by atoms with E-state index in [0.29, 0.717) is 34.9 Å². The summed E-state index contributed by atoms with van der Waals surface area (Å²) in [5.41, 5.74) is 3.39. The topological polar surface area (TPSA) is 84.1 Å². The van der Waals surface area contributed by atoms with Crippen LogP contribution in [0.5, 0.6) is 11.5 Å². The van der Waals surface area contributed by atoms with Gasteiger partial charge in [0.15, 0.2) is 5.78 Å². The van der Waals surface area contributed by atoms with Crippen molar-refractivity contribution < 1.29 is 14.3 Å². The highest BCUT2D eigenvalue weighted by Gasteiger charge is 2.26. The Kier molecular flexibility index (Phi) is 4.46.